The molecule has 7 heteroatoms. The predicted molar refractivity (Wildman–Crippen MR) is 137 cm³/mol. The lowest BCUT2D eigenvalue weighted by molar-refractivity contribution is 0.00980. The van der Waals surface area contributed by atoms with Gasteiger partial charge in [-0.2, -0.15) is 0 Å². The number of carbonyl (C=O) groups is 2. The summed E-state index contributed by atoms with van der Waals surface area (Å²) in [5.41, 5.74) is 5.01. The van der Waals surface area contributed by atoms with Crippen LogP contribution in [0.5, 0.6) is 0 Å². The van der Waals surface area contributed by atoms with Gasteiger partial charge in [0, 0.05) is 31.7 Å². The minimum atomic E-state index is -0.530. The lowest BCUT2D eigenvalue weighted by Gasteiger charge is -2.36. The highest BCUT2D eigenvalue weighted by atomic mass is 16.6. The van der Waals surface area contributed by atoms with E-state index in [1.54, 1.807) is 0 Å². The number of rotatable bonds is 8. The number of nitrogens with zero attached hydrogens (tertiary/aromatic N) is 2. The van der Waals surface area contributed by atoms with E-state index >= 15 is 0 Å². The second kappa shape index (κ2) is 13.0. The van der Waals surface area contributed by atoms with Gasteiger partial charge in [-0.25, -0.2) is 9.59 Å². The van der Waals surface area contributed by atoms with E-state index in [1.807, 2.05) is 51.3 Å². The standard InChI is InChI=1S/C27H51N3O4/c1-26(2,3)33-24(31)29(20-17-21-13-15-22(28)16-14-21)18-10-19-30(23-11-8-7-9-12-23)25(32)34-27(4,5)6/h21-23H,7-20,28H2,1-6H3. The Morgan fingerprint density at radius 1 is 0.765 bits per heavy atom. The summed E-state index contributed by atoms with van der Waals surface area (Å²) in [6, 6.07) is 0.557. The molecule has 2 N–H and O–H groups in total. The van der Waals surface area contributed by atoms with Crippen molar-refractivity contribution in [2.75, 3.05) is 19.6 Å². The number of ether oxygens (including phenoxy) is 2. The van der Waals surface area contributed by atoms with Gasteiger partial charge in [0.2, 0.25) is 0 Å². The van der Waals surface area contributed by atoms with Crippen LogP contribution < -0.4 is 5.73 Å². The molecule has 0 aromatic carbocycles. The Hall–Kier alpha value is -1.50. The summed E-state index contributed by atoms with van der Waals surface area (Å²) >= 11 is 0. The van der Waals surface area contributed by atoms with Crippen molar-refractivity contribution in [3.8, 4) is 0 Å². The molecular formula is C27H51N3O4. The van der Waals surface area contributed by atoms with Gasteiger partial charge in [0.05, 0.1) is 0 Å². The van der Waals surface area contributed by atoms with Crippen molar-refractivity contribution in [3.63, 3.8) is 0 Å². The largest absolute Gasteiger partial charge is 0.444 e. The van der Waals surface area contributed by atoms with Crippen molar-refractivity contribution in [2.24, 2.45) is 11.7 Å². The van der Waals surface area contributed by atoms with Crippen molar-refractivity contribution < 1.29 is 19.1 Å². The minimum absolute atomic E-state index is 0.227. The first-order chi connectivity index (χ1) is 15.8. The van der Waals surface area contributed by atoms with Gasteiger partial charge in [-0.3, -0.25) is 0 Å². The van der Waals surface area contributed by atoms with Gasteiger partial charge < -0.3 is 25.0 Å². The van der Waals surface area contributed by atoms with Crippen LogP contribution in [0.1, 0.15) is 112 Å². The monoisotopic (exact) mass is 481 g/mol. The summed E-state index contributed by atoms with van der Waals surface area (Å²) < 4.78 is 11.4. The molecule has 0 atom stereocenters. The molecule has 2 aliphatic carbocycles. The molecule has 0 heterocycles. The number of carbonyl (C=O) groups excluding carboxylic acids is 2. The van der Waals surface area contributed by atoms with E-state index in [9.17, 15) is 9.59 Å². The molecule has 2 saturated carbocycles. The first-order valence-electron chi connectivity index (χ1n) is 13.6. The Morgan fingerprint density at radius 2 is 1.32 bits per heavy atom. The second-order valence-corrected chi connectivity index (χ2v) is 12.4. The van der Waals surface area contributed by atoms with Crippen LogP contribution in [-0.2, 0) is 9.47 Å². The molecule has 0 aromatic rings. The van der Waals surface area contributed by atoms with Gasteiger partial charge in [-0.05, 0) is 98.8 Å². The zero-order valence-electron chi connectivity index (χ0n) is 22.7. The molecule has 0 aliphatic heterocycles. The van der Waals surface area contributed by atoms with E-state index in [0.29, 0.717) is 38.0 Å². The van der Waals surface area contributed by atoms with E-state index in [1.165, 1.54) is 6.42 Å². The Bertz CT molecular complexity index is 627. The molecule has 0 saturated heterocycles. The van der Waals surface area contributed by atoms with Crippen LogP contribution in [0.15, 0.2) is 0 Å². The van der Waals surface area contributed by atoms with Gasteiger partial charge in [-0.15, -0.1) is 0 Å². The summed E-state index contributed by atoms with van der Waals surface area (Å²) in [5.74, 6) is 0.616. The van der Waals surface area contributed by atoms with Gasteiger partial charge >= 0.3 is 12.2 Å². The maximum atomic E-state index is 13.0. The number of amides is 2. The van der Waals surface area contributed by atoms with E-state index in [4.69, 9.17) is 15.2 Å². The zero-order chi connectivity index (χ0) is 25.4. The predicted octanol–water partition coefficient (Wildman–Crippen LogP) is 6.09. The lowest BCUT2D eigenvalue weighted by Crippen LogP contribution is -2.46. The van der Waals surface area contributed by atoms with Gasteiger partial charge in [-0.1, -0.05) is 19.3 Å². The third kappa shape index (κ3) is 10.8. The fourth-order valence-electron chi connectivity index (χ4n) is 5.00. The molecule has 2 rings (SSSR count). The Kier molecular flexibility index (Phi) is 11.0. The SMILES string of the molecule is CC(C)(C)OC(=O)N(CCCN(C(=O)OC(C)(C)C)C1CCCCC1)CCC1CCC(N)CC1. The lowest BCUT2D eigenvalue weighted by atomic mass is 9.84. The van der Waals surface area contributed by atoms with E-state index in [-0.39, 0.29) is 18.2 Å². The van der Waals surface area contributed by atoms with Gasteiger partial charge in [0.15, 0.2) is 0 Å². The molecule has 2 amide bonds. The number of nitrogens with two attached hydrogens (primary N) is 1. The van der Waals surface area contributed by atoms with Gasteiger partial charge in [0.1, 0.15) is 11.2 Å². The highest BCUT2D eigenvalue weighted by Gasteiger charge is 2.30. The third-order valence-electron chi connectivity index (χ3n) is 6.82. The minimum Gasteiger partial charge on any atom is -0.444 e. The summed E-state index contributed by atoms with van der Waals surface area (Å²) in [6.45, 7) is 13.3. The first kappa shape index (κ1) is 28.7. The molecule has 7 nitrogen and oxygen atoms in total. The average Bonchev–Trinajstić information content (AvgIpc) is 2.72. The van der Waals surface area contributed by atoms with Gasteiger partial charge in [0.25, 0.3) is 0 Å². The Balaban J connectivity index is 1.98. The highest BCUT2D eigenvalue weighted by molar-refractivity contribution is 5.69. The Labute approximate surface area is 208 Å². The topological polar surface area (TPSA) is 85.1 Å². The maximum Gasteiger partial charge on any atom is 0.410 e. The molecule has 0 spiro atoms. The molecule has 0 unspecified atom stereocenters. The molecule has 0 radical (unpaired) electrons. The fraction of sp³-hybridized carbons (Fsp3) is 0.926. The second-order valence-electron chi connectivity index (χ2n) is 12.4. The summed E-state index contributed by atoms with van der Waals surface area (Å²) in [4.78, 5) is 29.7. The van der Waals surface area contributed by atoms with Crippen LogP contribution in [0, 0.1) is 5.92 Å². The van der Waals surface area contributed by atoms with Crippen LogP contribution >= 0.6 is 0 Å². The summed E-state index contributed by atoms with van der Waals surface area (Å²) in [5, 5.41) is 0. The summed E-state index contributed by atoms with van der Waals surface area (Å²) in [7, 11) is 0. The first-order valence-corrected chi connectivity index (χ1v) is 13.6. The highest BCUT2D eigenvalue weighted by Crippen LogP contribution is 2.27. The molecule has 2 aliphatic rings. The van der Waals surface area contributed by atoms with Crippen LogP contribution in [0.25, 0.3) is 0 Å². The van der Waals surface area contributed by atoms with E-state index in [2.05, 4.69) is 0 Å². The molecule has 34 heavy (non-hydrogen) atoms. The third-order valence-corrected chi connectivity index (χ3v) is 6.82. The van der Waals surface area contributed by atoms with Crippen LogP contribution in [0.4, 0.5) is 9.59 Å². The maximum absolute atomic E-state index is 13.0. The van der Waals surface area contributed by atoms with Crippen molar-refractivity contribution in [1.29, 1.82) is 0 Å². The normalized spacial score (nSPS) is 22.2. The molecule has 0 aromatic heterocycles. The molecule has 198 valence electrons. The van der Waals surface area contributed by atoms with Crippen molar-refractivity contribution in [3.05, 3.63) is 0 Å². The van der Waals surface area contributed by atoms with Crippen molar-refractivity contribution in [1.82, 2.24) is 9.80 Å². The summed E-state index contributed by atoms with van der Waals surface area (Å²) in [6.07, 6.45) is 11.2. The van der Waals surface area contributed by atoms with Crippen LogP contribution in [-0.4, -0.2) is 64.9 Å². The Morgan fingerprint density at radius 3 is 1.88 bits per heavy atom. The van der Waals surface area contributed by atoms with Crippen molar-refractivity contribution in [2.45, 2.75) is 135 Å². The van der Waals surface area contributed by atoms with Crippen LogP contribution in [0.3, 0.4) is 0 Å². The number of hydrogen-bond donors (Lipinski definition) is 1. The van der Waals surface area contributed by atoms with E-state index < -0.39 is 11.2 Å². The fourth-order valence-corrected chi connectivity index (χ4v) is 5.00. The quantitative estimate of drug-likeness (QED) is 0.453. The van der Waals surface area contributed by atoms with Crippen LogP contribution in [0.2, 0.25) is 0 Å². The average molecular weight is 482 g/mol. The molecular weight excluding hydrogens is 430 g/mol. The number of hydrogen-bond acceptors (Lipinski definition) is 5. The van der Waals surface area contributed by atoms with E-state index in [0.717, 1.165) is 57.8 Å². The van der Waals surface area contributed by atoms with Crippen molar-refractivity contribution >= 4 is 12.2 Å². The molecule has 0 bridgehead atoms. The smallest absolute Gasteiger partial charge is 0.410 e. The zero-order valence-corrected chi connectivity index (χ0v) is 22.7. The molecule has 2 fully saturated rings.